The molecule has 27 heavy (non-hydrogen) atoms. The molecule has 2 N–H and O–H groups in total. The second-order valence-corrected chi connectivity index (χ2v) is 9.00. The Labute approximate surface area is 159 Å². The number of carboxylic acids is 1. The fourth-order valence-corrected chi connectivity index (χ4v) is 5.10. The second-order valence-electron chi connectivity index (χ2n) is 7.06. The lowest BCUT2D eigenvalue weighted by atomic mass is 10.1. The first-order valence-corrected chi connectivity index (χ1v) is 10.7. The first-order valence-electron chi connectivity index (χ1n) is 9.21. The number of benzene rings is 1. The van der Waals surface area contributed by atoms with E-state index in [9.17, 15) is 18.0 Å². The Kier molecular flexibility index (Phi) is 6.13. The van der Waals surface area contributed by atoms with Crippen LogP contribution in [-0.2, 0) is 19.6 Å². The van der Waals surface area contributed by atoms with Gasteiger partial charge >= 0.3 is 5.97 Å². The maximum Gasteiger partial charge on any atom is 0.307 e. The minimum atomic E-state index is -3.52. The van der Waals surface area contributed by atoms with Crippen molar-refractivity contribution in [3.63, 3.8) is 0 Å². The molecule has 0 radical (unpaired) electrons. The van der Waals surface area contributed by atoms with Crippen LogP contribution in [0.5, 0.6) is 0 Å². The zero-order valence-electron chi connectivity index (χ0n) is 15.1. The van der Waals surface area contributed by atoms with Crippen molar-refractivity contribution in [1.29, 1.82) is 0 Å². The minimum Gasteiger partial charge on any atom is -0.481 e. The molecule has 1 amide bonds. The van der Waals surface area contributed by atoms with E-state index in [0.717, 1.165) is 12.8 Å². The smallest absolute Gasteiger partial charge is 0.307 e. The third kappa shape index (κ3) is 4.85. The standard InChI is InChI=1S/C18H25N3O5S/c22-17(7-11-20-10-6-14(13-20)18(23)24)19-15-4-3-5-16(12-15)27(25,26)21-8-1-2-9-21/h3-5,12,14H,1-2,6-11,13H2,(H,19,22)(H,23,24). The fourth-order valence-electron chi connectivity index (χ4n) is 3.53. The number of amides is 1. The first kappa shape index (κ1) is 19.8. The maximum atomic E-state index is 12.6. The molecule has 0 aliphatic carbocycles. The number of aliphatic carboxylic acids is 1. The van der Waals surface area contributed by atoms with Crippen molar-refractivity contribution in [3.05, 3.63) is 24.3 Å². The lowest BCUT2D eigenvalue weighted by Crippen LogP contribution is -2.28. The molecule has 3 rings (SSSR count). The van der Waals surface area contributed by atoms with E-state index >= 15 is 0 Å². The molecule has 0 spiro atoms. The zero-order chi connectivity index (χ0) is 19.4. The van der Waals surface area contributed by atoms with Crippen LogP contribution in [0.3, 0.4) is 0 Å². The summed E-state index contributed by atoms with van der Waals surface area (Å²) in [5.74, 6) is -1.37. The van der Waals surface area contributed by atoms with Gasteiger partial charge in [0.05, 0.1) is 10.8 Å². The minimum absolute atomic E-state index is 0.186. The number of sulfonamides is 1. The van der Waals surface area contributed by atoms with Gasteiger partial charge in [-0.2, -0.15) is 4.31 Å². The van der Waals surface area contributed by atoms with Gasteiger partial charge in [0, 0.05) is 38.3 Å². The average Bonchev–Trinajstić information content (AvgIpc) is 3.32. The van der Waals surface area contributed by atoms with Crippen LogP contribution < -0.4 is 5.32 Å². The molecular formula is C18H25N3O5S. The highest BCUT2D eigenvalue weighted by Gasteiger charge is 2.28. The van der Waals surface area contributed by atoms with Crippen LogP contribution in [0.1, 0.15) is 25.7 Å². The number of nitrogens with one attached hydrogen (secondary N) is 1. The molecule has 0 saturated carbocycles. The predicted octanol–water partition coefficient (Wildman–Crippen LogP) is 1.21. The van der Waals surface area contributed by atoms with E-state index in [1.165, 1.54) is 10.4 Å². The van der Waals surface area contributed by atoms with E-state index in [1.54, 1.807) is 18.2 Å². The van der Waals surface area contributed by atoms with Gasteiger partial charge in [0.1, 0.15) is 0 Å². The van der Waals surface area contributed by atoms with Gasteiger partial charge in [0.15, 0.2) is 0 Å². The molecular weight excluding hydrogens is 370 g/mol. The van der Waals surface area contributed by atoms with Crippen LogP contribution in [0.15, 0.2) is 29.2 Å². The van der Waals surface area contributed by atoms with Gasteiger partial charge in [-0.15, -0.1) is 0 Å². The van der Waals surface area contributed by atoms with Crippen molar-refractivity contribution in [3.8, 4) is 0 Å². The number of carboxylic acid groups (broad SMARTS) is 1. The molecule has 0 aromatic heterocycles. The summed E-state index contributed by atoms with van der Waals surface area (Å²) in [4.78, 5) is 25.3. The summed E-state index contributed by atoms with van der Waals surface area (Å²) in [6, 6.07) is 6.31. The number of hydrogen-bond donors (Lipinski definition) is 2. The second kappa shape index (κ2) is 8.37. The van der Waals surface area contributed by atoms with E-state index in [-0.39, 0.29) is 23.1 Å². The van der Waals surface area contributed by atoms with Crippen LogP contribution in [0.25, 0.3) is 0 Å². The van der Waals surface area contributed by atoms with E-state index in [0.29, 0.717) is 44.8 Å². The first-order chi connectivity index (χ1) is 12.9. The number of likely N-dealkylation sites (tertiary alicyclic amines) is 1. The number of rotatable bonds is 7. The molecule has 9 heteroatoms. The van der Waals surface area contributed by atoms with Gasteiger partial charge in [-0.25, -0.2) is 8.42 Å². The summed E-state index contributed by atoms with van der Waals surface area (Å²) in [5, 5.41) is 11.8. The summed E-state index contributed by atoms with van der Waals surface area (Å²) in [6.45, 7) is 2.69. The predicted molar refractivity (Wildman–Crippen MR) is 99.9 cm³/mol. The van der Waals surface area contributed by atoms with Gasteiger partial charge in [-0.1, -0.05) is 6.07 Å². The van der Waals surface area contributed by atoms with Crippen LogP contribution in [0.4, 0.5) is 5.69 Å². The molecule has 0 bridgehead atoms. The summed E-state index contributed by atoms with van der Waals surface area (Å²) < 4.78 is 26.7. The van der Waals surface area contributed by atoms with E-state index < -0.39 is 16.0 Å². The molecule has 2 saturated heterocycles. The SMILES string of the molecule is O=C(CCN1CCC(C(=O)O)C1)Nc1cccc(S(=O)(=O)N2CCCC2)c1. The van der Waals surface area contributed by atoms with E-state index in [1.807, 2.05) is 4.90 Å². The Morgan fingerprint density at radius 1 is 1.19 bits per heavy atom. The summed E-state index contributed by atoms with van der Waals surface area (Å²) in [7, 11) is -3.52. The van der Waals surface area contributed by atoms with Crippen molar-refractivity contribution in [1.82, 2.24) is 9.21 Å². The highest BCUT2D eigenvalue weighted by Crippen LogP contribution is 2.23. The largest absolute Gasteiger partial charge is 0.481 e. The number of nitrogens with zero attached hydrogens (tertiary/aromatic N) is 2. The van der Waals surface area contributed by atoms with Crippen molar-refractivity contribution in [2.45, 2.75) is 30.6 Å². The number of hydrogen-bond acceptors (Lipinski definition) is 5. The number of anilines is 1. The zero-order valence-corrected chi connectivity index (χ0v) is 16.0. The van der Waals surface area contributed by atoms with Gasteiger partial charge < -0.3 is 15.3 Å². The van der Waals surface area contributed by atoms with E-state index in [2.05, 4.69) is 5.32 Å². The maximum absolute atomic E-state index is 12.6. The molecule has 2 aliphatic heterocycles. The molecule has 1 unspecified atom stereocenters. The van der Waals surface area contributed by atoms with Crippen molar-refractivity contribution >= 4 is 27.6 Å². The number of carbonyl (C=O) groups is 2. The van der Waals surface area contributed by atoms with Crippen LogP contribution in [-0.4, -0.2) is 67.3 Å². The monoisotopic (exact) mass is 395 g/mol. The molecule has 2 fully saturated rings. The van der Waals surface area contributed by atoms with Gasteiger partial charge in [-0.3, -0.25) is 9.59 Å². The normalized spacial score (nSPS) is 21.4. The summed E-state index contributed by atoms with van der Waals surface area (Å²) >= 11 is 0. The molecule has 8 nitrogen and oxygen atoms in total. The molecule has 148 valence electrons. The topological polar surface area (TPSA) is 107 Å². The van der Waals surface area contributed by atoms with Gasteiger partial charge in [-0.05, 0) is 44.0 Å². The van der Waals surface area contributed by atoms with Crippen molar-refractivity contribution in [2.75, 3.05) is 38.0 Å². The molecule has 1 aromatic rings. The van der Waals surface area contributed by atoms with Crippen molar-refractivity contribution < 1.29 is 23.1 Å². The molecule has 2 aliphatic rings. The Morgan fingerprint density at radius 2 is 1.93 bits per heavy atom. The molecule has 1 aromatic carbocycles. The average molecular weight is 395 g/mol. The van der Waals surface area contributed by atoms with Crippen molar-refractivity contribution in [2.24, 2.45) is 5.92 Å². The molecule has 2 heterocycles. The Balaban J connectivity index is 1.55. The van der Waals surface area contributed by atoms with Crippen LogP contribution in [0.2, 0.25) is 0 Å². The van der Waals surface area contributed by atoms with Gasteiger partial charge in [0.25, 0.3) is 0 Å². The van der Waals surface area contributed by atoms with Gasteiger partial charge in [0.2, 0.25) is 15.9 Å². The Bertz CT molecular complexity index is 805. The quantitative estimate of drug-likeness (QED) is 0.719. The van der Waals surface area contributed by atoms with E-state index in [4.69, 9.17) is 5.11 Å². The highest BCUT2D eigenvalue weighted by molar-refractivity contribution is 7.89. The lowest BCUT2D eigenvalue weighted by Gasteiger charge is -2.17. The van der Waals surface area contributed by atoms with Crippen LogP contribution in [0, 0.1) is 5.92 Å². The summed E-state index contributed by atoms with van der Waals surface area (Å²) in [5.41, 5.74) is 0.449. The Hall–Kier alpha value is -1.97. The van der Waals surface area contributed by atoms with Crippen LogP contribution >= 0.6 is 0 Å². The highest BCUT2D eigenvalue weighted by atomic mass is 32.2. The molecule has 1 atom stereocenters. The lowest BCUT2D eigenvalue weighted by molar-refractivity contribution is -0.141. The third-order valence-corrected chi connectivity index (χ3v) is 6.99. The third-order valence-electron chi connectivity index (χ3n) is 5.10. The fraction of sp³-hybridized carbons (Fsp3) is 0.556. The Morgan fingerprint density at radius 3 is 2.59 bits per heavy atom. The summed E-state index contributed by atoms with van der Waals surface area (Å²) in [6.07, 6.45) is 2.58. The number of carbonyl (C=O) groups excluding carboxylic acids is 1.